The number of hydrogen-bond donors (Lipinski definition) is 0. The zero-order chi connectivity index (χ0) is 19.6. The molecule has 0 aliphatic carbocycles. The molecule has 0 amide bonds. The smallest absolute Gasteiger partial charge is 0.435 e. The number of hydrogen-bond acceptors (Lipinski definition) is 3. The van der Waals surface area contributed by atoms with E-state index < -0.39 is 60.7 Å². The largest absolute Gasteiger partial charge is 0.464 e. The van der Waals surface area contributed by atoms with Gasteiger partial charge >= 0.3 is 24.4 Å². The highest BCUT2D eigenvalue weighted by atomic mass is 19.4. The average molecular weight is 384 g/mol. The van der Waals surface area contributed by atoms with Crippen LogP contribution in [0.3, 0.4) is 0 Å². The molecule has 13 heteroatoms. The normalized spacial score (nSPS) is 13.5. The lowest BCUT2D eigenvalue weighted by Gasteiger charge is -2.16. The molecule has 1 atom stereocenters. The van der Waals surface area contributed by atoms with Crippen molar-refractivity contribution in [2.24, 2.45) is 0 Å². The highest BCUT2D eigenvalue weighted by Crippen LogP contribution is 2.36. The van der Waals surface area contributed by atoms with Crippen molar-refractivity contribution in [3.63, 3.8) is 0 Å². The predicted molar refractivity (Wildman–Crippen MR) is 62.9 cm³/mol. The average Bonchev–Trinajstić information content (AvgIpc) is 2.91. The van der Waals surface area contributed by atoms with Gasteiger partial charge in [0.05, 0.1) is 6.61 Å². The van der Waals surface area contributed by atoms with Crippen LogP contribution in [-0.4, -0.2) is 22.4 Å². The summed E-state index contributed by atoms with van der Waals surface area (Å²) in [6.45, 7) is -0.187. The van der Waals surface area contributed by atoms with Crippen LogP contribution in [0, 0.1) is 0 Å². The van der Waals surface area contributed by atoms with Crippen molar-refractivity contribution in [3.8, 4) is 0 Å². The fourth-order valence-electron chi connectivity index (χ4n) is 1.60. The van der Waals surface area contributed by atoms with Crippen molar-refractivity contribution >= 4 is 5.97 Å². The van der Waals surface area contributed by atoms with Gasteiger partial charge in [-0.05, 0) is 6.92 Å². The first-order valence-electron chi connectivity index (χ1n) is 6.35. The molecule has 0 aliphatic heterocycles. The molecule has 4 nitrogen and oxygen atoms in total. The summed E-state index contributed by atoms with van der Waals surface area (Å²) in [5, 5.41) is 2.71. The van der Waals surface area contributed by atoms with Gasteiger partial charge < -0.3 is 4.74 Å². The maximum atomic E-state index is 12.8. The van der Waals surface area contributed by atoms with Crippen LogP contribution in [0.4, 0.5) is 39.5 Å². The van der Waals surface area contributed by atoms with Gasteiger partial charge in [0.1, 0.15) is 11.7 Å². The van der Waals surface area contributed by atoms with Crippen molar-refractivity contribution in [2.75, 3.05) is 6.61 Å². The number of ether oxygens (including phenoxy) is 1. The summed E-state index contributed by atoms with van der Waals surface area (Å²) in [4.78, 5) is 11.6. The number of rotatable bonds is 5. The second-order valence-electron chi connectivity index (χ2n) is 4.61. The molecule has 1 unspecified atom stereocenters. The van der Waals surface area contributed by atoms with Gasteiger partial charge in [-0.15, -0.1) is 0 Å². The minimum absolute atomic E-state index is 0.243. The van der Waals surface area contributed by atoms with Gasteiger partial charge in [0, 0.05) is 12.5 Å². The van der Waals surface area contributed by atoms with Gasteiger partial charge in [-0.2, -0.15) is 40.2 Å². The van der Waals surface area contributed by atoms with Crippen molar-refractivity contribution in [3.05, 3.63) is 29.4 Å². The van der Waals surface area contributed by atoms with E-state index in [-0.39, 0.29) is 10.7 Å². The maximum Gasteiger partial charge on any atom is 0.435 e. The molecular weight excluding hydrogens is 375 g/mol. The van der Waals surface area contributed by atoms with E-state index in [1.807, 2.05) is 0 Å². The Kier molecular flexibility index (Phi) is 6.13. The molecule has 1 aromatic heterocycles. The summed E-state index contributed by atoms with van der Waals surface area (Å²) >= 11 is 0. The molecule has 0 N–H and O–H groups in total. The molecule has 0 aromatic carbocycles. The number of carbonyl (C=O) groups is 1. The molecule has 0 radical (unpaired) electrons. The molecule has 1 rings (SSSR count). The molecule has 1 aromatic rings. The standard InChI is InChI=1S/C12H9F9N2O2/c1-5(10(24)25-3-2-6(13)9(14)15)23-8(12(19,20)21)4-7(22-23)11(16,17)18/h4-5H,2-3H2,1H3. The lowest BCUT2D eigenvalue weighted by atomic mass is 10.3. The summed E-state index contributed by atoms with van der Waals surface area (Å²) in [5.74, 6) is -3.40. The Morgan fingerprint density at radius 1 is 1.16 bits per heavy atom. The van der Waals surface area contributed by atoms with Gasteiger partial charge in [-0.25, -0.2) is 13.9 Å². The molecule has 0 saturated carbocycles. The third-order valence-corrected chi connectivity index (χ3v) is 2.80. The third kappa shape index (κ3) is 5.39. The number of carbonyl (C=O) groups excluding carboxylic acids is 1. The summed E-state index contributed by atoms with van der Waals surface area (Å²) in [6.07, 6.45) is -14.1. The van der Waals surface area contributed by atoms with Crippen LogP contribution < -0.4 is 0 Å². The van der Waals surface area contributed by atoms with Gasteiger partial charge in [0.2, 0.25) is 0 Å². The van der Waals surface area contributed by atoms with E-state index in [0.717, 1.165) is 6.92 Å². The molecule has 0 saturated heterocycles. The van der Waals surface area contributed by atoms with Gasteiger partial charge in [-0.1, -0.05) is 0 Å². The second kappa shape index (κ2) is 7.35. The summed E-state index contributed by atoms with van der Waals surface area (Å²) < 4.78 is 116. The molecule has 1 heterocycles. The van der Waals surface area contributed by atoms with Crippen LogP contribution in [0.15, 0.2) is 18.0 Å². The lowest BCUT2D eigenvalue weighted by Crippen LogP contribution is -2.25. The Labute approximate surface area is 133 Å². The minimum Gasteiger partial charge on any atom is -0.464 e. The SMILES string of the molecule is CC(C(=O)OCCC(F)=C(F)F)n1nc(C(F)(F)F)cc1C(F)(F)F. The molecular formula is C12H9F9N2O2. The van der Waals surface area contributed by atoms with E-state index in [1.54, 1.807) is 0 Å². The second-order valence-corrected chi connectivity index (χ2v) is 4.61. The van der Waals surface area contributed by atoms with E-state index in [2.05, 4.69) is 9.84 Å². The number of halogens is 9. The zero-order valence-electron chi connectivity index (χ0n) is 12.2. The van der Waals surface area contributed by atoms with Crippen molar-refractivity contribution < 1.29 is 49.0 Å². The fraction of sp³-hybridized carbons (Fsp3) is 0.500. The van der Waals surface area contributed by atoms with E-state index >= 15 is 0 Å². The molecule has 142 valence electrons. The first-order valence-corrected chi connectivity index (χ1v) is 6.35. The van der Waals surface area contributed by atoms with E-state index in [9.17, 15) is 44.3 Å². The lowest BCUT2D eigenvalue weighted by molar-refractivity contribution is -0.153. The zero-order valence-corrected chi connectivity index (χ0v) is 12.2. The fourth-order valence-corrected chi connectivity index (χ4v) is 1.60. The van der Waals surface area contributed by atoms with Gasteiger partial charge in [0.25, 0.3) is 0 Å². The van der Waals surface area contributed by atoms with Crippen LogP contribution in [0.5, 0.6) is 0 Å². The topological polar surface area (TPSA) is 44.1 Å². The first-order chi connectivity index (χ1) is 11.2. The number of nitrogens with zero attached hydrogens (tertiary/aromatic N) is 2. The Morgan fingerprint density at radius 3 is 2.16 bits per heavy atom. The Hall–Kier alpha value is -2.21. The van der Waals surface area contributed by atoms with Crippen molar-refractivity contribution in [2.45, 2.75) is 31.7 Å². The quantitative estimate of drug-likeness (QED) is 0.555. The number of aromatic nitrogens is 2. The minimum atomic E-state index is -5.25. The summed E-state index contributed by atoms with van der Waals surface area (Å²) in [7, 11) is 0. The molecule has 25 heavy (non-hydrogen) atoms. The van der Waals surface area contributed by atoms with Gasteiger partial charge in [-0.3, -0.25) is 0 Å². The third-order valence-electron chi connectivity index (χ3n) is 2.80. The van der Waals surface area contributed by atoms with Gasteiger partial charge in [0.15, 0.2) is 11.5 Å². The highest BCUT2D eigenvalue weighted by Gasteiger charge is 2.43. The molecule has 0 spiro atoms. The van der Waals surface area contributed by atoms with Crippen molar-refractivity contribution in [1.82, 2.24) is 9.78 Å². The Morgan fingerprint density at radius 2 is 1.72 bits per heavy atom. The van der Waals surface area contributed by atoms with Crippen LogP contribution in [0.2, 0.25) is 0 Å². The van der Waals surface area contributed by atoms with E-state index in [0.29, 0.717) is 0 Å². The van der Waals surface area contributed by atoms with E-state index in [1.165, 1.54) is 0 Å². The first kappa shape index (κ1) is 20.8. The molecule has 0 aliphatic rings. The number of alkyl halides is 6. The van der Waals surface area contributed by atoms with Crippen LogP contribution >= 0.6 is 0 Å². The Bertz CT molecular complexity index is 657. The predicted octanol–water partition coefficient (Wildman–Crippen LogP) is 4.49. The summed E-state index contributed by atoms with van der Waals surface area (Å²) in [5.41, 5.74) is -3.74. The van der Waals surface area contributed by atoms with E-state index in [4.69, 9.17) is 0 Å². The highest BCUT2D eigenvalue weighted by molar-refractivity contribution is 5.73. The van der Waals surface area contributed by atoms with Crippen LogP contribution in [0.1, 0.15) is 30.8 Å². The molecule has 0 bridgehead atoms. The van der Waals surface area contributed by atoms with Crippen LogP contribution in [0.25, 0.3) is 0 Å². The number of esters is 1. The van der Waals surface area contributed by atoms with Crippen molar-refractivity contribution in [1.29, 1.82) is 0 Å². The van der Waals surface area contributed by atoms with Crippen LogP contribution in [-0.2, 0) is 21.9 Å². The monoisotopic (exact) mass is 384 g/mol. The summed E-state index contributed by atoms with van der Waals surface area (Å²) in [6, 6.07) is -2.25. The maximum absolute atomic E-state index is 12.8. The molecule has 0 fully saturated rings. The Balaban J connectivity index is 3.00.